The molecule has 0 radical (unpaired) electrons. The number of allylic oxidation sites excluding steroid dienone is 2. The third kappa shape index (κ3) is 6.49. The van der Waals surface area contributed by atoms with Gasteiger partial charge in [-0.25, -0.2) is 4.39 Å². The standard InChI is InChI=1S/C21H26F3NO/c1-2-3-4-5-16-6-8-17(9-7-16)13-21(23,24)26-15-18-10-11-19(14-25)20(22)12-18/h2-3,10-12,16-17H,4-9,13,15H2,1H3/b3-2+. The predicted molar refractivity (Wildman–Crippen MR) is 95.0 cm³/mol. The van der Waals surface area contributed by atoms with Gasteiger partial charge in [0.25, 0.3) is 0 Å². The molecule has 2 rings (SSSR count). The average Bonchev–Trinajstić information content (AvgIpc) is 2.62. The third-order valence-electron chi connectivity index (χ3n) is 5.07. The zero-order valence-electron chi connectivity index (χ0n) is 15.2. The lowest BCUT2D eigenvalue weighted by Crippen LogP contribution is -2.27. The Bertz CT molecular complexity index is 643. The van der Waals surface area contributed by atoms with Gasteiger partial charge >= 0.3 is 6.11 Å². The summed E-state index contributed by atoms with van der Waals surface area (Å²) in [7, 11) is 0. The number of alkyl halides is 2. The van der Waals surface area contributed by atoms with Gasteiger partial charge in [0.2, 0.25) is 0 Å². The van der Waals surface area contributed by atoms with E-state index in [1.54, 1.807) is 6.07 Å². The fourth-order valence-corrected chi connectivity index (χ4v) is 3.55. The van der Waals surface area contributed by atoms with Crippen LogP contribution in [0.2, 0.25) is 0 Å². The molecule has 0 aromatic heterocycles. The maximum absolute atomic E-state index is 14.1. The van der Waals surface area contributed by atoms with Gasteiger partial charge in [0, 0.05) is 6.42 Å². The van der Waals surface area contributed by atoms with Crippen molar-refractivity contribution in [2.45, 2.75) is 64.6 Å². The number of hydrogen-bond donors (Lipinski definition) is 0. The Balaban J connectivity index is 1.77. The highest BCUT2D eigenvalue weighted by Gasteiger charge is 2.35. The number of rotatable bonds is 8. The number of ether oxygens (including phenoxy) is 1. The van der Waals surface area contributed by atoms with Crippen LogP contribution in [-0.4, -0.2) is 6.11 Å². The van der Waals surface area contributed by atoms with Crippen LogP contribution in [0.5, 0.6) is 0 Å². The lowest BCUT2D eigenvalue weighted by atomic mass is 9.78. The van der Waals surface area contributed by atoms with Crippen molar-refractivity contribution in [3.8, 4) is 6.07 Å². The molecule has 0 heterocycles. The molecule has 0 amide bonds. The maximum Gasteiger partial charge on any atom is 0.356 e. The number of nitriles is 1. The molecule has 1 aliphatic rings. The number of benzene rings is 1. The number of hydrogen-bond acceptors (Lipinski definition) is 2. The first-order valence-corrected chi connectivity index (χ1v) is 9.25. The second-order valence-corrected chi connectivity index (χ2v) is 7.09. The second kappa shape index (κ2) is 9.78. The van der Waals surface area contributed by atoms with Gasteiger partial charge in [-0.3, -0.25) is 0 Å². The van der Waals surface area contributed by atoms with E-state index in [-0.39, 0.29) is 24.5 Å². The van der Waals surface area contributed by atoms with E-state index in [0.29, 0.717) is 11.5 Å². The van der Waals surface area contributed by atoms with E-state index >= 15 is 0 Å². The van der Waals surface area contributed by atoms with Crippen molar-refractivity contribution in [3.63, 3.8) is 0 Å². The largest absolute Gasteiger partial charge is 0.356 e. The highest BCUT2D eigenvalue weighted by atomic mass is 19.3. The van der Waals surface area contributed by atoms with E-state index in [0.717, 1.165) is 44.6 Å². The molecular formula is C21H26F3NO. The summed E-state index contributed by atoms with van der Waals surface area (Å²) < 4.78 is 46.5. The Morgan fingerprint density at radius 2 is 1.92 bits per heavy atom. The Kier molecular flexibility index (Phi) is 7.71. The molecule has 0 unspecified atom stereocenters. The average molecular weight is 365 g/mol. The third-order valence-corrected chi connectivity index (χ3v) is 5.07. The molecule has 1 saturated carbocycles. The van der Waals surface area contributed by atoms with E-state index in [2.05, 4.69) is 6.08 Å². The lowest BCUT2D eigenvalue weighted by molar-refractivity contribution is -0.256. The summed E-state index contributed by atoms with van der Waals surface area (Å²) >= 11 is 0. The highest BCUT2D eigenvalue weighted by Crippen LogP contribution is 2.38. The van der Waals surface area contributed by atoms with Gasteiger partial charge in [0.15, 0.2) is 0 Å². The molecule has 1 aromatic carbocycles. The zero-order chi connectivity index (χ0) is 19.0. The summed E-state index contributed by atoms with van der Waals surface area (Å²) in [5.41, 5.74) is 0.195. The number of nitrogens with zero attached hydrogens (tertiary/aromatic N) is 1. The van der Waals surface area contributed by atoms with Crippen molar-refractivity contribution in [1.29, 1.82) is 5.26 Å². The maximum atomic E-state index is 14.1. The minimum atomic E-state index is -3.22. The molecule has 26 heavy (non-hydrogen) atoms. The minimum absolute atomic E-state index is 0.0272. The van der Waals surface area contributed by atoms with Gasteiger partial charge in [-0.1, -0.05) is 31.1 Å². The second-order valence-electron chi connectivity index (χ2n) is 7.09. The molecular weight excluding hydrogens is 339 g/mol. The molecule has 0 saturated heterocycles. The van der Waals surface area contributed by atoms with Crippen LogP contribution in [0.1, 0.15) is 63.0 Å². The van der Waals surface area contributed by atoms with Gasteiger partial charge in [-0.05, 0) is 62.1 Å². The zero-order valence-corrected chi connectivity index (χ0v) is 15.2. The van der Waals surface area contributed by atoms with Crippen molar-refractivity contribution in [1.82, 2.24) is 0 Å². The summed E-state index contributed by atoms with van der Waals surface area (Å²) in [5.74, 6) is -0.104. The normalized spacial score (nSPS) is 21.0. The van der Waals surface area contributed by atoms with Gasteiger partial charge < -0.3 is 4.74 Å². The topological polar surface area (TPSA) is 33.0 Å². The molecule has 5 heteroatoms. The predicted octanol–water partition coefficient (Wildman–Crippen LogP) is 6.36. The molecule has 1 aliphatic carbocycles. The molecule has 142 valence electrons. The van der Waals surface area contributed by atoms with Crippen LogP contribution in [0.15, 0.2) is 30.4 Å². The van der Waals surface area contributed by atoms with Gasteiger partial charge in [0.1, 0.15) is 11.9 Å². The van der Waals surface area contributed by atoms with Gasteiger partial charge in [-0.15, -0.1) is 0 Å². The van der Waals surface area contributed by atoms with E-state index in [9.17, 15) is 13.2 Å². The fraction of sp³-hybridized carbons (Fsp3) is 0.571. The summed E-state index contributed by atoms with van der Waals surface area (Å²) in [6.07, 6.45) is 6.51. The van der Waals surface area contributed by atoms with E-state index in [1.807, 2.05) is 13.0 Å². The summed E-state index contributed by atoms with van der Waals surface area (Å²) in [6.45, 7) is 1.64. The smallest absolute Gasteiger partial charge is 0.316 e. The lowest BCUT2D eigenvalue weighted by Gasteiger charge is -2.30. The first-order valence-electron chi connectivity index (χ1n) is 9.25. The van der Waals surface area contributed by atoms with Crippen molar-refractivity contribution in [3.05, 3.63) is 47.3 Å². The minimum Gasteiger partial charge on any atom is -0.316 e. The van der Waals surface area contributed by atoms with E-state index in [4.69, 9.17) is 10.00 Å². The van der Waals surface area contributed by atoms with Crippen molar-refractivity contribution >= 4 is 0 Å². The summed E-state index contributed by atoms with van der Waals surface area (Å²) in [4.78, 5) is 0. The van der Waals surface area contributed by atoms with Crippen LogP contribution >= 0.6 is 0 Å². The first-order chi connectivity index (χ1) is 12.4. The van der Waals surface area contributed by atoms with Gasteiger partial charge in [0.05, 0.1) is 12.2 Å². The molecule has 2 nitrogen and oxygen atoms in total. The van der Waals surface area contributed by atoms with Crippen LogP contribution < -0.4 is 0 Å². The number of halogens is 3. The fourth-order valence-electron chi connectivity index (χ4n) is 3.55. The summed E-state index contributed by atoms with van der Waals surface area (Å²) in [6, 6.07) is 5.49. The van der Waals surface area contributed by atoms with Crippen molar-refractivity contribution in [2.75, 3.05) is 0 Å². The monoisotopic (exact) mass is 365 g/mol. The van der Waals surface area contributed by atoms with E-state index < -0.39 is 11.9 Å². The molecule has 0 N–H and O–H groups in total. The molecule has 1 fully saturated rings. The SMILES string of the molecule is C/C=C/CCC1CCC(CC(F)(F)OCc2ccc(C#N)c(F)c2)CC1. The quantitative estimate of drug-likeness (QED) is 0.502. The van der Waals surface area contributed by atoms with Crippen molar-refractivity contribution in [2.24, 2.45) is 11.8 Å². The molecule has 0 spiro atoms. The van der Waals surface area contributed by atoms with Crippen LogP contribution in [-0.2, 0) is 11.3 Å². The molecule has 0 atom stereocenters. The molecule has 1 aromatic rings. The Morgan fingerprint density at radius 3 is 2.54 bits per heavy atom. The Labute approximate surface area is 153 Å². The van der Waals surface area contributed by atoms with Crippen LogP contribution in [0.3, 0.4) is 0 Å². The summed E-state index contributed by atoms with van der Waals surface area (Å²) in [5, 5.41) is 8.69. The van der Waals surface area contributed by atoms with Crippen molar-refractivity contribution < 1.29 is 17.9 Å². The molecule has 0 aliphatic heterocycles. The van der Waals surface area contributed by atoms with E-state index in [1.165, 1.54) is 12.1 Å². The molecule has 0 bridgehead atoms. The van der Waals surface area contributed by atoms with Gasteiger partial charge in [-0.2, -0.15) is 14.0 Å². The van der Waals surface area contributed by atoms with Crippen LogP contribution in [0.25, 0.3) is 0 Å². The van der Waals surface area contributed by atoms with Crippen LogP contribution in [0, 0.1) is 29.0 Å². The van der Waals surface area contributed by atoms with Crippen LogP contribution in [0.4, 0.5) is 13.2 Å². The Morgan fingerprint density at radius 1 is 1.23 bits per heavy atom. The first kappa shape index (κ1) is 20.5. The highest BCUT2D eigenvalue weighted by molar-refractivity contribution is 5.33. The Hall–Kier alpha value is -1.80.